The first kappa shape index (κ1) is 10.4. The van der Waals surface area contributed by atoms with E-state index in [1.165, 1.54) is 18.4 Å². The molecule has 0 amide bonds. The Balaban J connectivity index is 2.26. The van der Waals surface area contributed by atoms with Crippen LogP contribution in [0.3, 0.4) is 0 Å². The molecule has 0 spiro atoms. The van der Waals surface area contributed by atoms with E-state index >= 15 is 0 Å². The molecule has 1 fully saturated rings. The van der Waals surface area contributed by atoms with Gasteiger partial charge in [-0.05, 0) is 43.5 Å². The van der Waals surface area contributed by atoms with Crippen LogP contribution in [0.5, 0.6) is 0 Å². The van der Waals surface area contributed by atoms with Gasteiger partial charge in [0.05, 0.1) is 0 Å². The van der Waals surface area contributed by atoms with E-state index in [-0.39, 0.29) is 0 Å². The van der Waals surface area contributed by atoms with Crippen LogP contribution in [0.4, 0.5) is 0 Å². The maximum absolute atomic E-state index is 4.52. The molecule has 0 aliphatic carbocycles. The maximum atomic E-state index is 4.52. The molecule has 1 N–H and O–H groups in total. The highest BCUT2D eigenvalue weighted by atomic mass is 32.1. The smallest absolute Gasteiger partial charge is 0.0209 e. The minimum absolute atomic E-state index is 0.663. The molecule has 1 heterocycles. The number of piperidine rings is 1. The molecule has 1 nitrogen and oxygen atoms in total. The summed E-state index contributed by atoms with van der Waals surface area (Å²) in [6, 6.07) is 6.24. The zero-order valence-electron chi connectivity index (χ0n) is 8.03. The molecule has 14 heavy (non-hydrogen) atoms. The summed E-state index contributed by atoms with van der Waals surface area (Å²) in [5, 5.41) is 3.37. The summed E-state index contributed by atoms with van der Waals surface area (Å²) in [5.41, 5.74) is 1.36. The van der Waals surface area contributed by atoms with Gasteiger partial charge in [-0.15, -0.1) is 25.3 Å². The van der Waals surface area contributed by atoms with Gasteiger partial charge in [-0.1, -0.05) is 12.1 Å². The zero-order valence-corrected chi connectivity index (χ0v) is 9.82. The van der Waals surface area contributed by atoms with Crippen molar-refractivity contribution in [2.45, 2.75) is 28.6 Å². The van der Waals surface area contributed by atoms with E-state index in [4.69, 9.17) is 0 Å². The van der Waals surface area contributed by atoms with Crippen molar-refractivity contribution < 1.29 is 0 Å². The van der Waals surface area contributed by atoms with Crippen LogP contribution < -0.4 is 5.32 Å². The molecular weight excluding hydrogens is 210 g/mol. The molecule has 1 saturated heterocycles. The molecule has 1 aliphatic heterocycles. The van der Waals surface area contributed by atoms with E-state index in [9.17, 15) is 0 Å². The van der Waals surface area contributed by atoms with E-state index in [1.54, 1.807) is 0 Å². The van der Waals surface area contributed by atoms with E-state index in [2.05, 4.69) is 42.7 Å². The van der Waals surface area contributed by atoms with Crippen molar-refractivity contribution in [2.75, 3.05) is 13.1 Å². The molecule has 3 heteroatoms. The lowest BCUT2D eigenvalue weighted by Gasteiger charge is -2.24. The number of hydrogen-bond donors (Lipinski definition) is 3. The fourth-order valence-corrected chi connectivity index (χ4v) is 2.56. The van der Waals surface area contributed by atoms with Crippen LogP contribution in [0.25, 0.3) is 0 Å². The largest absolute Gasteiger partial charge is 0.317 e. The first-order chi connectivity index (χ1) is 6.79. The Morgan fingerprint density at radius 1 is 1.14 bits per heavy atom. The fourth-order valence-electron chi connectivity index (χ4n) is 2.01. The summed E-state index contributed by atoms with van der Waals surface area (Å²) in [7, 11) is 0. The van der Waals surface area contributed by atoms with Crippen LogP contribution in [0.15, 0.2) is 28.0 Å². The number of nitrogens with one attached hydrogen (secondary N) is 1. The van der Waals surface area contributed by atoms with E-state index in [1.807, 2.05) is 6.07 Å². The lowest BCUT2D eigenvalue weighted by Crippen LogP contribution is -2.26. The van der Waals surface area contributed by atoms with Gasteiger partial charge in [0, 0.05) is 9.79 Å². The SMILES string of the molecule is Sc1cccc(C2CCNCC2)c1S. The Hall–Kier alpha value is -0.120. The van der Waals surface area contributed by atoms with Gasteiger partial charge < -0.3 is 5.32 Å². The van der Waals surface area contributed by atoms with Crippen LogP contribution in [-0.2, 0) is 0 Å². The summed E-state index contributed by atoms with van der Waals surface area (Å²) < 4.78 is 0. The first-order valence-electron chi connectivity index (χ1n) is 5.00. The third-order valence-corrected chi connectivity index (χ3v) is 3.87. The van der Waals surface area contributed by atoms with Gasteiger partial charge in [0.1, 0.15) is 0 Å². The van der Waals surface area contributed by atoms with Crippen molar-refractivity contribution in [1.29, 1.82) is 0 Å². The molecule has 0 atom stereocenters. The average molecular weight is 225 g/mol. The third-order valence-electron chi connectivity index (χ3n) is 2.82. The number of rotatable bonds is 1. The second-order valence-electron chi connectivity index (χ2n) is 3.74. The highest BCUT2D eigenvalue weighted by Crippen LogP contribution is 2.32. The predicted molar refractivity (Wildman–Crippen MR) is 65.8 cm³/mol. The Morgan fingerprint density at radius 2 is 1.86 bits per heavy atom. The molecule has 0 radical (unpaired) electrons. The minimum Gasteiger partial charge on any atom is -0.317 e. The van der Waals surface area contributed by atoms with Crippen molar-refractivity contribution in [2.24, 2.45) is 0 Å². The first-order valence-corrected chi connectivity index (χ1v) is 5.90. The lowest BCUT2D eigenvalue weighted by atomic mass is 9.90. The Kier molecular flexibility index (Phi) is 3.42. The van der Waals surface area contributed by atoms with E-state index in [0.717, 1.165) is 22.9 Å². The summed E-state index contributed by atoms with van der Waals surface area (Å²) in [6.45, 7) is 2.24. The number of hydrogen-bond acceptors (Lipinski definition) is 3. The van der Waals surface area contributed by atoms with Crippen LogP contribution in [0, 0.1) is 0 Å². The molecule has 0 saturated carbocycles. The Bertz CT molecular complexity index is 319. The third kappa shape index (κ3) is 2.10. The molecular formula is C11H15NS2. The Morgan fingerprint density at radius 3 is 2.57 bits per heavy atom. The van der Waals surface area contributed by atoms with Crippen molar-refractivity contribution in [3.8, 4) is 0 Å². The van der Waals surface area contributed by atoms with Crippen molar-refractivity contribution in [1.82, 2.24) is 5.32 Å². The van der Waals surface area contributed by atoms with Gasteiger partial charge in [-0.2, -0.15) is 0 Å². The number of thiol groups is 2. The normalized spacial score (nSPS) is 18.4. The van der Waals surface area contributed by atoms with E-state index < -0.39 is 0 Å². The number of benzene rings is 1. The molecule has 76 valence electrons. The summed E-state index contributed by atoms with van der Waals surface area (Å²) in [6.07, 6.45) is 2.43. The van der Waals surface area contributed by atoms with Gasteiger partial charge in [-0.25, -0.2) is 0 Å². The van der Waals surface area contributed by atoms with Crippen LogP contribution in [0.2, 0.25) is 0 Å². The second-order valence-corrected chi connectivity index (χ2v) is 4.67. The standard InChI is InChI=1S/C11H15NS2/c13-10-3-1-2-9(11(10)14)8-4-6-12-7-5-8/h1-3,8,12-14H,4-7H2. The quantitative estimate of drug-likeness (QED) is 0.624. The van der Waals surface area contributed by atoms with Gasteiger partial charge >= 0.3 is 0 Å². The highest BCUT2D eigenvalue weighted by Gasteiger charge is 2.17. The predicted octanol–water partition coefficient (Wildman–Crippen LogP) is 2.73. The topological polar surface area (TPSA) is 12.0 Å². The minimum atomic E-state index is 0.663. The van der Waals surface area contributed by atoms with Crippen LogP contribution in [0.1, 0.15) is 24.3 Å². The van der Waals surface area contributed by atoms with E-state index in [0.29, 0.717) is 5.92 Å². The molecule has 0 unspecified atom stereocenters. The van der Waals surface area contributed by atoms with Gasteiger partial charge in [-0.3, -0.25) is 0 Å². The lowest BCUT2D eigenvalue weighted by molar-refractivity contribution is 0.455. The Labute approximate surface area is 96.1 Å². The van der Waals surface area contributed by atoms with Crippen molar-refractivity contribution in [3.63, 3.8) is 0 Å². The van der Waals surface area contributed by atoms with Crippen LogP contribution in [-0.4, -0.2) is 13.1 Å². The summed E-state index contributed by atoms with van der Waals surface area (Å²) in [4.78, 5) is 2.05. The zero-order chi connectivity index (χ0) is 9.97. The van der Waals surface area contributed by atoms with Crippen LogP contribution >= 0.6 is 25.3 Å². The second kappa shape index (κ2) is 4.60. The monoisotopic (exact) mass is 225 g/mol. The van der Waals surface area contributed by atoms with Gasteiger partial charge in [0.2, 0.25) is 0 Å². The highest BCUT2D eigenvalue weighted by molar-refractivity contribution is 7.83. The fraction of sp³-hybridized carbons (Fsp3) is 0.455. The average Bonchev–Trinajstić information content (AvgIpc) is 2.23. The maximum Gasteiger partial charge on any atom is 0.0209 e. The molecule has 1 aliphatic rings. The molecule has 0 bridgehead atoms. The van der Waals surface area contributed by atoms with Crippen molar-refractivity contribution in [3.05, 3.63) is 23.8 Å². The van der Waals surface area contributed by atoms with Gasteiger partial charge in [0.15, 0.2) is 0 Å². The summed E-state index contributed by atoms with van der Waals surface area (Å²) >= 11 is 8.92. The van der Waals surface area contributed by atoms with Crippen molar-refractivity contribution >= 4 is 25.3 Å². The molecule has 1 aromatic carbocycles. The summed E-state index contributed by atoms with van der Waals surface area (Å²) in [5.74, 6) is 0.663. The molecule has 2 rings (SSSR count). The van der Waals surface area contributed by atoms with Gasteiger partial charge in [0.25, 0.3) is 0 Å². The molecule has 0 aromatic heterocycles. The molecule has 1 aromatic rings.